The molecule has 0 unspecified atom stereocenters. The van der Waals surface area contributed by atoms with Crippen LogP contribution in [0.3, 0.4) is 0 Å². The number of anilines is 1. The lowest BCUT2D eigenvalue weighted by Gasteiger charge is -2.01. The van der Waals surface area contributed by atoms with Crippen LogP contribution in [0.5, 0.6) is 0 Å². The fourth-order valence-electron chi connectivity index (χ4n) is 2.06. The van der Waals surface area contributed by atoms with E-state index in [4.69, 9.17) is 0 Å². The summed E-state index contributed by atoms with van der Waals surface area (Å²) in [6, 6.07) is 13.8. The molecule has 0 saturated carbocycles. The lowest BCUT2D eigenvalue weighted by atomic mass is 10.2. The van der Waals surface area contributed by atoms with Gasteiger partial charge in [0.15, 0.2) is 4.34 Å². The van der Waals surface area contributed by atoms with Crippen LogP contribution >= 0.6 is 23.1 Å². The van der Waals surface area contributed by atoms with Crippen molar-refractivity contribution in [3.8, 4) is 0 Å². The monoisotopic (exact) mass is 359 g/mol. The highest BCUT2D eigenvalue weighted by Gasteiger charge is 2.11. The van der Waals surface area contributed by atoms with Gasteiger partial charge in [0.25, 0.3) is 5.91 Å². The molecule has 0 aliphatic rings. The van der Waals surface area contributed by atoms with E-state index in [0.717, 1.165) is 10.1 Å². The molecule has 3 aromatic rings. The van der Waals surface area contributed by atoms with Crippen LogP contribution in [0.4, 0.5) is 9.52 Å². The van der Waals surface area contributed by atoms with Crippen molar-refractivity contribution in [1.29, 1.82) is 0 Å². The Morgan fingerprint density at radius 3 is 2.83 bits per heavy atom. The Morgan fingerprint density at radius 1 is 1.21 bits per heavy atom. The van der Waals surface area contributed by atoms with Crippen LogP contribution in [0.2, 0.25) is 0 Å². The van der Waals surface area contributed by atoms with E-state index in [1.807, 2.05) is 6.07 Å². The predicted molar refractivity (Wildman–Crippen MR) is 95.0 cm³/mol. The van der Waals surface area contributed by atoms with Crippen LogP contribution in [0.15, 0.2) is 52.9 Å². The number of benzene rings is 2. The summed E-state index contributed by atoms with van der Waals surface area (Å²) in [5, 5.41) is 11.1. The molecule has 122 valence electrons. The van der Waals surface area contributed by atoms with Crippen molar-refractivity contribution in [3.05, 3.63) is 71.0 Å². The number of carbonyl (C=O) groups excluding carboxylic acids is 1. The molecule has 0 atom stereocenters. The third kappa shape index (κ3) is 4.39. The van der Waals surface area contributed by atoms with Crippen LogP contribution in [0.25, 0.3) is 0 Å². The molecule has 1 heterocycles. The quantitative estimate of drug-likeness (QED) is 0.537. The zero-order chi connectivity index (χ0) is 16.9. The van der Waals surface area contributed by atoms with Crippen molar-refractivity contribution in [1.82, 2.24) is 10.2 Å². The SMILES string of the molecule is Cc1cccc(CSc2nnc(NC(=O)c3cccc(F)c3)s2)c1. The maximum absolute atomic E-state index is 13.2. The fraction of sp³-hybridized carbons (Fsp3) is 0.118. The average molecular weight is 359 g/mol. The minimum atomic E-state index is -0.450. The molecule has 7 heteroatoms. The molecule has 0 spiro atoms. The summed E-state index contributed by atoms with van der Waals surface area (Å²) in [5.41, 5.74) is 2.67. The second-order valence-electron chi connectivity index (χ2n) is 5.12. The number of aryl methyl sites for hydroxylation is 1. The van der Waals surface area contributed by atoms with Gasteiger partial charge >= 0.3 is 0 Å². The fourth-order valence-corrected chi connectivity index (χ4v) is 3.75. The van der Waals surface area contributed by atoms with Crippen LogP contribution in [0, 0.1) is 12.7 Å². The largest absolute Gasteiger partial charge is 0.296 e. The topological polar surface area (TPSA) is 54.9 Å². The van der Waals surface area contributed by atoms with Crippen molar-refractivity contribution in [2.24, 2.45) is 0 Å². The smallest absolute Gasteiger partial charge is 0.257 e. The number of nitrogens with one attached hydrogen (secondary N) is 1. The lowest BCUT2D eigenvalue weighted by Crippen LogP contribution is -2.11. The van der Waals surface area contributed by atoms with Gasteiger partial charge < -0.3 is 0 Å². The molecule has 2 aromatic carbocycles. The van der Waals surface area contributed by atoms with Gasteiger partial charge in [0.05, 0.1) is 0 Å². The van der Waals surface area contributed by atoms with Gasteiger partial charge in [-0.1, -0.05) is 59.0 Å². The first kappa shape index (κ1) is 16.6. The van der Waals surface area contributed by atoms with Gasteiger partial charge in [0.2, 0.25) is 5.13 Å². The van der Waals surface area contributed by atoms with Gasteiger partial charge in [-0.15, -0.1) is 10.2 Å². The van der Waals surface area contributed by atoms with E-state index in [9.17, 15) is 9.18 Å². The number of amides is 1. The highest BCUT2D eigenvalue weighted by atomic mass is 32.2. The summed E-state index contributed by atoms with van der Waals surface area (Å²) in [6.07, 6.45) is 0. The first-order valence-electron chi connectivity index (χ1n) is 7.19. The van der Waals surface area contributed by atoms with Gasteiger partial charge in [0, 0.05) is 11.3 Å². The van der Waals surface area contributed by atoms with Crippen molar-refractivity contribution in [2.75, 3.05) is 5.32 Å². The number of nitrogens with zero attached hydrogens (tertiary/aromatic N) is 2. The van der Waals surface area contributed by atoms with Crippen molar-refractivity contribution < 1.29 is 9.18 Å². The zero-order valence-electron chi connectivity index (χ0n) is 12.8. The first-order valence-corrected chi connectivity index (χ1v) is 8.99. The second-order valence-corrected chi connectivity index (χ2v) is 7.32. The summed E-state index contributed by atoms with van der Waals surface area (Å²) in [5.74, 6) is -0.0658. The first-order chi connectivity index (χ1) is 11.6. The van der Waals surface area contributed by atoms with Gasteiger partial charge in [0.1, 0.15) is 5.82 Å². The number of hydrogen-bond acceptors (Lipinski definition) is 5. The van der Waals surface area contributed by atoms with Gasteiger partial charge in [-0.25, -0.2) is 4.39 Å². The molecule has 0 fully saturated rings. The molecule has 0 bridgehead atoms. The molecule has 0 radical (unpaired) electrons. The maximum atomic E-state index is 13.2. The van der Waals surface area contributed by atoms with Crippen LogP contribution < -0.4 is 5.32 Å². The van der Waals surface area contributed by atoms with Crippen LogP contribution in [0.1, 0.15) is 21.5 Å². The summed E-state index contributed by atoms with van der Waals surface area (Å²) in [7, 11) is 0. The molecule has 0 saturated heterocycles. The third-order valence-electron chi connectivity index (χ3n) is 3.16. The van der Waals surface area contributed by atoms with Crippen molar-refractivity contribution in [3.63, 3.8) is 0 Å². The number of rotatable bonds is 5. The summed E-state index contributed by atoms with van der Waals surface area (Å²) in [6.45, 7) is 2.05. The number of halogens is 1. The zero-order valence-corrected chi connectivity index (χ0v) is 14.5. The lowest BCUT2D eigenvalue weighted by molar-refractivity contribution is 0.102. The minimum Gasteiger partial charge on any atom is -0.296 e. The van der Waals surface area contributed by atoms with E-state index >= 15 is 0 Å². The Balaban J connectivity index is 1.60. The number of hydrogen-bond donors (Lipinski definition) is 1. The summed E-state index contributed by atoms with van der Waals surface area (Å²) in [4.78, 5) is 12.0. The highest BCUT2D eigenvalue weighted by molar-refractivity contribution is 8.00. The molecular weight excluding hydrogens is 345 g/mol. The standard InChI is InChI=1S/C17H14FN3OS2/c1-11-4-2-5-12(8-11)10-23-17-21-20-16(24-17)19-15(22)13-6-3-7-14(18)9-13/h2-9H,10H2,1H3,(H,19,20,22). The van der Waals surface area contributed by atoms with Gasteiger partial charge in [-0.2, -0.15) is 0 Å². The van der Waals surface area contributed by atoms with E-state index in [2.05, 4.69) is 40.6 Å². The van der Waals surface area contributed by atoms with Gasteiger partial charge in [-0.05, 0) is 30.7 Å². The number of thioether (sulfide) groups is 1. The van der Waals surface area contributed by atoms with E-state index in [0.29, 0.717) is 5.13 Å². The predicted octanol–water partition coefficient (Wildman–Crippen LogP) is 4.53. The molecule has 3 rings (SSSR count). The number of aromatic nitrogens is 2. The average Bonchev–Trinajstić information content (AvgIpc) is 3.00. The number of carbonyl (C=O) groups is 1. The molecule has 4 nitrogen and oxygen atoms in total. The Bertz CT molecular complexity index is 866. The molecule has 24 heavy (non-hydrogen) atoms. The Labute approximate surface area is 147 Å². The van der Waals surface area contributed by atoms with E-state index < -0.39 is 11.7 Å². The van der Waals surface area contributed by atoms with Gasteiger partial charge in [-0.3, -0.25) is 10.1 Å². The second kappa shape index (κ2) is 7.55. The molecule has 1 aromatic heterocycles. The van der Waals surface area contributed by atoms with E-state index in [1.165, 1.54) is 40.7 Å². The van der Waals surface area contributed by atoms with Crippen molar-refractivity contribution >= 4 is 34.1 Å². The summed E-state index contributed by atoms with van der Waals surface area (Å²) < 4.78 is 13.9. The van der Waals surface area contributed by atoms with Crippen molar-refractivity contribution in [2.45, 2.75) is 17.0 Å². The highest BCUT2D eigenvalue weighted by Crippen LogP contribution is 2.28. The third-order valence-corrected chi connectivity index (χ3v) is 5.20. The molecule has 0 aliphatic carbocycles. The van der Waals surface area contributed by atoms with E-state index in [-0.39, 0.29) is 5.56 Å². The Morgan fingerprint density at radius 2 is 2.04 bits per heavy atom. The maximum Gasteiger partial charge on any atom is 0.257 e. The van der Waals surface area contributed by atoms with E-state index in [1.54, 1.807) is 17.8 Å². The van der Waals surface area contributed by atoms with Crippen LogP contribution in [-0.4, -0.2) is 16.1 Å². The summed E-state index contributed by atoms with van der Waals surface area (Å²) >= 11 is 2.86. The normalized spacial score (nSPS) is 10.6. The molecule has 0 aliphatic heterocycles. The Hall–Kier alpha value is -2.25. The Kier molecular flexibility index (Phi) is 5.22. The molecule has 1 N–H and O–H groups in total. The van der Waals surface area contributed by atoms with Crippen LogP contribution in [-0.2, 0) is 5.75 Å². The molecule has 1 amide bonds. The minimum absolute atomic E-state index is 0.249. The molecular formula is C17H14FN3OS2.